The summed E-state index contributed by atoms with van der Waals surface area (Å²) in [6.07, 6.45) is 3.55. The van der Waals surface area contributed by atoms with E-state index in [0.29, 0.717) is 4.88 Å². The lowest BCUT2D eigenvalue weighted by Crippen LogP contribution is -2.28. The number of fused-ring (bicyclic) bond motifs is 2. The van der Waals surface area contributed by atoms with Gasteiger partial charge in [-0.15, -0.1) is 11.3 Å². The van der Waals surface area contributed by atoms with Crippen LogP contribution in [0.2, 0.25) is 0 Å². The molecule has 25 heavy (non-hydrogen) atoms. The second kappa shape index (κ2) is 5.70. The predicted octanol–water partition coefficient (Wildman–Crippen LogP) is 3.95. The molecule has 124 valence electrons. The van der Waals surface area contributed by atoms with Crippen LogP contribution >= 0.6 is 11.3 Å². The number of nitrogens with zero attached hydrogens (tertiary/aromatic N) is 2. The van der Waals surface area contributed by atoms with Gasteiger partial charge in [0.25, 0.3) is 5.91 Å². The molecule has 0 unspecified atom stereocenters. The van der Waals surface area contributed by atoms with Crippen molar-refractivity contribution in [2.45, 2.75) is 12.8 Å². The van der Waals surface area contributed by atoms with E-state index in [1.807, 2.05) is 35.2 Å². The number of carbonyl (C=O) groups excluding carboxylic acids is 1. The molecule has 0 N–H and O–H groups in total. The van der Waals surface area contributed by atoms with Crippen molar-refractivity contribution in [2.24, 2.45) is 0 Å². The Kier molecular flexibility index (Phi) is 3.35. The first-order chi connectivity index (χ1) is 12.3. The zero-order valence-electron chi connectivity index (χ0n) is 13.6. The van der Waals surface area contributed by atoms with Gasteiger partial charge in [-0.1, -0.05) is 18.2 Å². The minimum Gasteiger partial charge on any atom is -0.493 e. The summed E-state index contributed by atoms with van der Waals surface area (Å²) in [5.41, 5.74) is 4.53. The number of anilines is 1. The maximum absolute atomic E-state index is 12.9. The first-order valence-electron chi connectivity index (χ1n) is 8.41. The Bertz CT molecular complexity index is 979. The number of ether oxygens (including phenoxy) is 1. The first-order valence-corrected chi connectivity index (χ1v) is 9.23. The number of rotatable bonds is 2. The van der Waals surface area contributed by atoms with Crippen LogP contribution in [-0.4, -0.2) is 24.0 Å². The SMILES string of the molecule is O=C(c1cnc(-c2ccc3c(c2)CCO3)s1)N1CCc2ccccc21. The van der Waals surface area contributed by atoms with Crippen LogP contribution in [0.4, 0.5) is 5.69 Å². The summed E-state index contributed by atoms with van der Waals surface area (Å²) in [4.78, 5) is 20.0. The minimum absolute atomic E-state index is 0.0400. The Labute approximate surface area is 149 Å². The van der Waals surface area contributed by atoms with Crippen molar-refractivity contribution in [1.29, 1.82) is 0 Å². The van der Waals surface area contributed by atoms with E-state index in [0.717, 1.165) is 48.0 Å². The van der Waals surface area contributed by atoms with Crippen molar-refractivity contribution in [1.82, 2.24) is 4.98 Å². The zero-order valence-corrected chi connectivity index (χ0v) is 14.4. The summed E-state index contributed by atoms with van der Waals surface area (Å²) >= 11 is 1.46. The zero-order chi connectivity index (χ0) is 16.8. The molecule has 1 amide bonds. The highest BCUT2D eigenvalue weighted by Gasteiger charge is 2.26. The monoisotopic (exact) mass is 348 g/mol. The molecule has 0 bridgehead atoms. The Morgan fingerprint density at radius 3 is 3.00 bits per heavy atom. The van der Waals surface area contributed by atoms with Crippen molar-refractivity contribution in [3.05, 3.63) is 64.7 Å². The molecule has 0 fully saturated rings. The van der Waals surface area contributed by atoms with E-state index in [1.165, 1.54) is 22.5 Å². The lowest BCUT2D eigenvalue weighted by atomic mass is 10.1. The summed E-state index contributed by atoms with van der Waals surface area (Å²) in [5, 5.41) is 0.880. The number of hydrogen-bond donors (Lipinski definition) is 0. The van der Waals surface area contributed by atoms with E-state index >= 15 is 0 Å². The van der Waals surface area contributed by atoms with Gasteiger partial charge in [-0.05, 0) is 41.8 Å². The maximum Gasteiger partial charge on any atom is 0.270 e. The van der Waals surface area contributed by atoms with E-state index in [-0.39, 0.29) is 5.91 Å². The largest absolute Gasteiger partial charge is 0.493 e. The standard InChI is InChI=1S/C20H16N2O2S/c23-20(22-9-7-13-3-1-2-4-16(13)22)18-12-21-19(25-18)15-5-6-17-14(11-15)8-10-24-17/h1-6,11-12H,7-10H2. The summed E-state index contributed by atoms with van der Waals surface area (Å²) in [6, 6.07) is 14.3. The van der Waals surface area contributed by atoms with E-state index in [1.54, 1.807) is 6.20 Å². The number of benzene rings is 2. The van der Waals surface area contributed by atoms with Gasteiger partial charge in [0.1, 0.15) is 15.6 Å². The predicted molar refractivity (Wildman–Crippen MR) is 98.6 cm³/mol. The average molecular weight is 348 g/mol. The third-order valence-electron chi connectivity index (χ3n) is 4.79. The summed E-state index contributed by atoms with van der Waals surface area (Å²) in [5.74, 6) is 1.00. The van der Waals surface area contributed by atoms with Crippen molar-refractivity contribution < 1.29 is 9.53 Å². The van der Waals surface area contributed by atoms with Crippen molar-refractivity contribution in [3.63, 3.8) is 0 Å². The second-order valence-corrected chi connectivity index (χ2v) is 7.32. The van der Waals surface area contributed by atoms with Gasteiger partial charge in [0, 0.05) is 24.2 Å². The van der Waals surface area contributed by atoms with Gasteiger partial charge in [0.15, 0.2) is 0 Å². The van der Waals surface area contributed by atoms with Crippen LogP contribution in [0.5, 0.6) is 5.75 Å². The fourth-order valence-corrected chi connectivity index (χ4v) is 4.37. The fourth-order valence-electron chi connectivity index (χ4n) is 3.51. The van der Waals surface area contributed by atoms with E-state index in [4.69, 9.17) is 4.74 Å². The highest BCUT2D eigenvalue weighted by Crippen LogP contribution is 2.34. The molecule has 3 heterocycles. The van der Waals surface area contributed by atoms with Crippen LogP contribution in [-0.2, 0) is 12.8 Å². The maximum atomic E-state index is 12.9. The van der Waals surface area contributed by atoms with Crippen LogP contribution in [0.3, 0.4) is 0 Å². The van der Waals surface area contributed by atoms with E-state index in [2.05, 4.69) is 17.1 Å². The summed E-state index contributed by atoms with van der Waals surface area (Å²) in [7, 11) is 0. The van der Waals surface area contributed by atoms with Crippen LogP contribution in [0, 0.1) is 0 Å². The molecule has 0 saturated carbocycles. The van der Waals surface area contributed by atoms with Crippen molar-refractivity contribution in [2.75, 3.05) is 18.1 Å². The number of aromatic nitrogens is 1. The molecule has 0 radical (unpaired) electrons. The molecule has 2 aliphatic heterocycles. The summed E-state index contributed by atoms with van der Waals surface area (Å²) in [6.45, 7) is 1.48. The highest BCUT2D eigenvalue weighted by molar-refractivity contribution is 7.17. The van der Waals surface area contributed by atoms with Crippen LogP contribution in [0.1, 0.15) is 20.8 Å². The van der Waals surface area contributed by atoms with Gasteiger partial charge < -0.3 is 9.64 Å². The number of thiazole rings is 1. The quantitative estimate of drug-likeness (QED) is 0.704. The molecule has 0 atom stereocenters. The topological polar surface area (TPSA) is 42.4 Å². The molecular weight excluding hydrogens is 332 g/mol. The minimum atomic E-state index is 0.0400. The van der Waals surface area contributed by atoms with Gasteiger partial charge in [0.2, 0.25) is 0 Å². The molecule has 0 aliphatic carbocycles. The molecule has 2 aromatic carbocycles. The Morgan fingerprint density at radius 1 is 1.12 bits per heavy atom. The lowest BCUT2D eigenvalue weighted by molar-refractivity contribution is 0.0993. The molecule has 2 aliphatic rings. The van der Waals surface area contributed by atoms with Gasteiger partial charge in [-0.25, -0.2) is 4.98 Å². The molecule has 5 heteroatoms. The van der Waals surface area contributed by atoms with E-state index < -0.39 is 0 Å². The van der Waals surface area contributed by atoms with Crippen LogP contribution in [0.15, 0.2) is 48.7 Å². The molecule has 0 spiro atoms. The smallest absolute Gasteiger partial charge is 0.270 e. The molecule has 1 aromatic heterocycles. The number of hydrogen-bond acceptors (Lipinski definition) is 4. The molecule has 5 rings (SSSR count). The third kappa shape index (κ3) is 2.43. The average Bonchev–Trinajstić information content (AvgIpc) is 3.38. The fraction of sp³-hybridized carbons (Fsp3) is 0.200. The van der Waals surface area contributed by atoms with Gasteiger partial charge >= 0.3 is 0 Å². The number of para-hydroxylation sites is 1. The third-order valence-corrected chi connectivity index (χ3v) is 5.82. The Balaban J connectivity index is 1.44. The normalized spacial score (nSPS) is 15.0. The van der Waals surface area contributed by atoms with Crippen molar-refractivity contribution >= 4 is 22.9 Å². The van der Waals surface area contributed by atoms with Crippen LogP contribution in [0.25, 0.3) is 10.6 Å². The van der Waals surface area contributed by atoms with Crippen LogP contribution < -0.4 is 9.64 Å². The van der Waals surface area contributed by atoms with Crippen molar-refractivity contribution in [3.8, 4) is 16.3 Å². The Hall–Kier alpha value is -2.66. The van der Waals surface area contributed by atoms with Gasteiger partial charge in [0.05, 0.1) is 12.8 Å². The molecular formula is C20H16N2O2S. The van der Waals surface area contributed by atoms with Gasteiger partial charge in [-0.3, -0.25) is 4.79 Å². The van der Waals surface area contributed by atoms with Gasteiger partial charge in [-0.2, -0.15) is 0 Å². The number of carbonyl (C=O) groups is 1. The lowest BCUT2D eigenvalue weighted by Gasteiger charge is -2.15. The van der Waals surface area contributed by atoms with E-state index in [9.17, 15) is 4.79 Å². The Morgan fingerprint density at radius 2 is 2.04 bits per heavy atom. The molecule has 3 aromatic rings. The first kappa shape index (κ1) is 14.7. The highest BCUT2D eigenvalue weighted by atomic mass is 32.1. The number of amides is 1. The molecule has 0 saturated heterocycles. The molecule has 4 nitrogen and oxygen atoms in total. The summed E-state index contributed by atoms with van der Waals surface area (Å²) < 4.78 is 5.56. The second-order valence-electron chi connectivity index (χ2n) is 6.29.